The first kappa shape index (κ1) is 12.7. The SMILES string of the molecule is C=CCC1CC(C(C)CCCCC)OO1. The first-order chi connectivity index (χ1) is 7.27. The summed E-state index contributed by atoms with van der Waals surface area (Å²) in [5.74, 6) is 0.617. The average molecular weight is 212 g/mol. The molecule has 0 saturated carbocycles. The van der Waals surface area contributed by atoms with Gasteiger partial charge >= 0.3 is 0 Å². The second-order valence-electron chi connectivity index (χ2n) is 4.59. The molecular formula is C13H24O2. The van der Waals surface area contributed by atoms with Crippen molar-refractivity contribution in [3.63, 3.8) is 0 Å². The first-order valence-electron chi connectivity index (χ1n) is 6.21. The molecule has 15 heavy (non-hydrogen) atoms. The number of unbranched alkanes of at least 4 members (excludes halogenated alkanes) is 2. The maximum atomic E-state index is 5.36. The van der Waals surface area contributed by atoms with E-state index in [2.05, 4.69) is 20.4 Å². The predicted octanol–water partition coefficient (Wildman–Crippen LogP) is 3.87. The van der Waals surface area contributed by atoms with Crippen molar-refractivity contribution in [2.45, 2.75) is 64.6 Å². The van der Waals surface area contributed by atoms with Crippen molar-refractivity contribution in [1.82, 2.24) is 0 Å². The van der Waals surface area contributed by atoms with Crippen molar-refractivity contribution in [1.29, 1.82) is 0 Å². The van der Waals surface area contributed by atoms with Crippen molar-refractivity contribution in [3.05, 3.63) is 12.7 Å². The maximum absolute atomic E-state index is 5.36. The molecule has 0 aromatic rings. The summed E-state index contributed by atoms with van der Waals surface area (Å²) in [5, 5.41) is 0. The van der Waals surface area contributed by atoms with Gasteiger partial charge in [0.15, 0.2) is 0 Å². The molecule has 1 aliphatic heterocycles. The summed E-state index contributed by atoms with van der Waals surface area (Å²) in [6.07, 6.45) is 9.54. The van der Waals surface area contributed by atoms with Gasteiger partial charge in [0.25, 0.3) is 0 Å². The standard InChI is InChI=1S/C13H24O2/c1-4-6-7-9-11(3)13-10-12(8-5-2)14-15-13/h5,11-13H,2,4,6-10H2,1,3H3. The molecule has 0 aromatic carbocycles. The van der Waals surface area contributed by atoms with Crippen molar-refractivity contribution in [3.8, 4) is 0 Å². The monoisotopic (exact) mass is 212 g/mol. The van der Waals surface area contributed by atoms with Gasteiger partial charge in [-0.05, 0) is 18.8 Å². The largest absolute Gasteiger partial charge is 0.233 e. The molecular weight excluding hydrogens is 188 g/mol. The molecule has 0 bridgehead atoms. The van der Waals surface area contributed by atoms with Crippen LogP contribution in [0.5, 0.6) is 0 Å². The molecule has 1 rings (SSSR count). The summed E-state index contributed by atoms with van der Waals surface area (Å²) in [7, 11) is 0. The third-order valence-corrected chi connectivity index (χ3v) is 3.14. The topological polar surface area (TPSA) is 18.5 Å². The van der Waals surface area contributed by atoms with Gasteiger partial charge in [-0.3, -0.25) is 0 Å². The molecule has 0 amide bonds. The molecule has 0 radical (unpaired) electrons. The molecule has 3 unspecified atom stereocenters. The van der Waals surface area contributed by atoms with Crippen LogP contribution >= 0.6 is 0 Å². The Morgan fingerprint density at radius 1 is 1.40 bits per heavy atom. The second-order valence-corrected chi connectivity index (χ2v) is 4.59. The van der Waals surface area contributed by atoms with Gasteiger partial charge in [-0.15, -0.1) is 6.58 Å². The highest BCUT2D eigenvalue weighted by Gasteiger charge is 2.30. The van der Waals surface area contributed by atoms with Gasteiger partial charge < -0.3 is 0 Å². The van der Waals surface area contributed by atoms with Crippen LogP contribution in [0.15, 0.2) is 12.7 Å². The van der Waals surface area contributed by atoms with Crippen LogP contribution in [0.3, 0.4) is 0 Å². The lowest BCUT2D eigenvalue weighted by atomic mass is 9.93. The predicted molar refractivity (Wildman–Crippen MR) is 62.5 cm³/mol. The van der Waals surface area contributed by atoms with Gasteiger partial charge in [0.05, 0.1) is 12.2 Å². The van der Waals surface area contributed by atoms with Gasteiger partial charge in [0.1, 0.15) is 0 Å². The lowest BCUT2D eigenvalue weighted by Gasteiger charge is -2.15. The third-order valence-electron chi connectivity index (χ3n) is 3.14. The fourth-order valence-corrected chi connectivity index (χ4v) is 2.04. The van der Waals surface area contributed by atoms with E-state index in [9.17, 15) is 0 Å². The molecule has 2 heteroatoms. The Morgan fingerprint density at radius 2 is 2.20 bits per heavy atom. The molecule has 0 N–H and O–H groups in total. The van der Waals surface area contributed by atoms with Crippen LogP contribution < -0.4 is 0 Å². The van der Waals surface area contributed by atoms with Crippen LogP contribution in [0.25, 0.3) is 0 Å². The zero-order chi connectivity index (χ0) is 11.1. The minimum absolute atomic E-state index is 0.237. The smallest absolute Gasteiger partial charge is 0.0990 e. The number of rotatable bonds is 7. The average Bonchev–Trinajstić information content (AvgIpc) is 2.67. The third kappa shape index (κ3) is 4.35. The molecule has 88 valence electrons. The van der Waals surface area contributed by atoms with Crippen LogP contribution in [0.4, 0.5) is 0 Å². The van der Waals surface area contributed by atoms with Gasteiger partial charge in [-0.1, -0.05) is 39.2 Å². The summed E-state index contributed by atoms with van der Waals surface area (Å²) in [4.78, 5) is 10.6. The Morgan fingerprint density at radius 3 is 2.87 bits per heavy atom. The van der Waals surface area contributed by atoms with E-state index in [1.54, 1.807) is 0 Å². The minimum Gasteiger partial charge on any atom is -0.233 e. The van der Waals surface area contributed by atoms with Crippen molar-refractivity contribution in [2.24, 2.45) is 5.92 Å². The molecule has 0 aromatic heterocycles. The Balaban J connectivity index is 2.17. The van der Waals surface area contributed by atoms with E-state index in [-0.39, 0.29) is 6.10 Å². The molecule has 1 fully saturated rings. The molecule has 2 nitrogen and oxygen atoms in total. The van der Waals surface area contributed by atoms with Crippen molar-refractivity contribution < 1.29 is 9.78 Å². The summed E-state index contributed by atoms with van der Waals surface area (Å²) in [5.41, 5.74) is 0. The van der Waals surface area contributed by atoms with E-state index in [1.807, 2.05) is 6.08 Å². The molecule has 0 aliphatic carbocycles. The molecule has 1 saturated heterocycles. The molecule has 0 spiro atoms. The van der Waals surface area contributed by atoms with E-state index in [0.29, 0.717) is 12.0 Å². The molecule has 3 atom stereocenters. The number of hydrogen-bond acceptors (Lipinski definition) is 2. The second kappa shape index (κ2) is 7.02. The molecule has 1 aliphatic rings. The van der Waals surface area contributed by atoms with Gasteiger partial charge in [0, 0.05) is 6.42 Å². The Labute approximate surface area is 93.6 Å². The van der Waals surface area contributed by atoms with Crippen molar-refractivity contribution in [2.75, 3.05) is 0 Å². The van der Waals surface area contributed by atoms with Crippen LogP contribution in [-0.2, 0) is 9.78 Å². The van der Waals surface area contributed by atoms with E-state index < -0.39 is 0 Å². The van der Waals surface area contributed by atoms with Crippen LogP contribution in [0.2, 0.25) is 0 Å². The zero-order valence-corrected chi connectivity index (χ0v) is 10.1. The fraction of sp³-hybridized carbons (Fsp3) is 0.846. The highest BCUT2D eigenvalue weighted by atomic mass is 17.2. The minimum atomic E-state index is 0.237. The number of hydrogen-bond donors (Lipinski definition) is 0. The highest BCUT2D eigenvalue weighted by molar-refractivity contribution is 4.80. The summed E-state index contributed by atoms with van der Waals surface area (Å²) in [6, 6.07) is 0. The van der Waals surface area contributed by atoms with Crippen molar-refractivity contribution >= 4 is 0 Å². The zero-order valence-electron chi connectivity index (χ0n) is 10.1. The Bertz CT molecular complexity index is 179. The summed E-state index contributed by atoms with van der Waals surface area (Å²) < 4.78 is 0. The summed E-state index contributed by atoms with van der Waals surface area (Å²) in [6.45, 7) is 8.22. The van der Waals surface area contributed by atoms with Gasteiger partial charge in [-0.25, -0.2) is 9.78 Å². The Hall–Kier alpha value is -0.340. The lowest BCUT2D eigenvalue weighted by molar-refractivity contribution is -0.302. The van der Waals surface area contributed by atoms with Crippen LogP contribution in [0.1, 0.15) is 52.4 Å². The van der Waals surface area contributed by atoms with Crippen LogP contribution in [0, 0.1) is 5.92 Å². The highest BCUT2D eigenvalue weighted by Crippen LogP contribution is 2.28. The van der Waals surface area contributed by atoms with E-state index in [4.69, 9.17) is 9.78 Å². The summed E-state index contributed by atoms with van der Waals surface area (Å²) >= 11 is 0. The van der Waals surface area contributed by atoms with E-state index >= 15 is 0 Å². The van der Waals surface area contributed by atoms with E-state index in [0.717, 1.165) is 12.8 Å². The van der Waals surface area contributed by atoms with E-state index in [1.165, 1.54) is 25.7 Å². The van der Waals surface area contributed by atoms with Gasteiger partial charge in [-0.2, -0.15) is 0 Å². The lowest BCUT2D eigenvalue weighted by Crippen LogP contribution is -2.17. The quantitative estimate of drug-likeness (QED) is 0.362. The fourth-order valence-electron chi connectivity index (χ4n) is 2.04. The maximum Gasteiger partial charge on any atom is 0.0990 e. The molecule has 1 heterocycles. The van der Waals surface area contributed by atoms with Crippen LogP contribution in [-0.4, -0.2) is 12.2 Å². The Kier molecular flexibility index (Phi) is 5.96. The normalized spacial score (nSPS) is 27.9. The first-order valence-corrected chi connectivity index (χ1v) is 6.21. The van der Waals surface area contributed by atoms with Gasteiger partial charge in [0.2, 0.25) is 0 Å².